The minimum atomic E-state index is -0.941. The molecule has 0 aliphatic rings. The molecule has 0 aliphatic heterocycles. The lowest BCUT2D eigenvalue weighted by molar-refractivity contribution is -0.140. The maximum absolute atomic E-state index is 13.4. The second-order valence-electron chi connectivity index (χ2n) is 5.04. The van der Waals surface area contributed by atoms with E-state index in [9.17, 15) is 14.0 Å². The van der Waals surface area contributed by atoms with Crippen molar-refractivity contribution in [3.8, 4) is 0 Å². The number of carbonyl (C=O) groups excluding carboxylic acids is 2. The maximum Gasteiger partial charge on any atom is 0.329 e. The van der Waals surface area contributed by atoms with Gasteiger partial charge in [-0.2, -0.15) is 5.10 Å². The first-order valence-electron chi connectivity index (χ1n) is 5.80. The molecule has 0 radical (unpaired) electrons. The average Bonchev–Trinajstić information content (AvgIpc) is 2.30. The number of nitrogens with one attached hydrogen (secondary N) is 2. The lowest BCUT2D eigenvalue weighted by Gasteiger charge is -2.19. The first-order valence-corrected chi connectivity index (χ1v) is 6.18. The van der Waals surface area contributed by atoms with Gasteiger partial charge in [0.25, 0.3) is 0 Å². The molecule has 0 aliphatic carbocycles. The Morgan fingerprint density at radius 3 is 2.50 bits per heavy atom. The average molecular weight is 300 g/mol. The van der Waals surface area contributed by atoms with Gasteiger partial charge in [-0.3, -0.25) is 9.59 Å². The summed E-state index contributed by atoms with van der Waals surface area (Å²) in [5.41, 5.74) is 1.50. The van der Waals surface area contributed by atoms with Crippen LogP contribution >= 0.6 is 11.6 Å². The predicted molar refractivity (Wildman–Crippen MR) is 75.0 cm³/mol. The number of hydrazone groups is 1. The Balaban J connectivity index is 2.65. The summed E-state index contributed by atoms with van der Waals surface area (Å²) in [6.45, 7) is 5.21. The standard InChI is InChI=1S/C13H15ClFN3O2/c1-13(2,3)17-11(19)12(20)18-16-7-8-9(14)5-4-6-10(8)15/h4-7H,1-3H3,(H,17,19)(H,18,20)/b16-7+. The number of rotatable bonds is 2. The first kappa shape index (κ1) is 16.1. The summed E-state index contributed by atoms with van der Waals surface area (Å²) < 4.78 is 13.4. The zero-order valence-electron chi connectivity index (χ0n) is 11.3. The van der Waals surface area contributed by atoms with Crippen LogP contribution in [0, 0.1) is 5.82 Å². The second kappa shape index (κ2) is 6.47. The SMILES string of the molecule is CC(C)(C)NC(=O)C(=O)N/N=C/c1c(F)cccc1Cl. The minimum absolute atomic E-state index is 0.0331. The maximum atomic E-state index is 13.4. The van der Waals surface area contributed by atoms with Crippen LogP contribution in [-0.2, 0) is 9.59 Å². The molecule has 20 heavy (non-hydrogen) atoms. The Kier molecular flexibility index (Phi) is 5.21. The molecule has 5 nitrogen and oxygen atoms in total. The van der Waals surface area contributed by atoms with E-state index in [1.165, 1.54) is 18.2 Å². The predicted octanol–water partition coefficient (Wildman–Crippen LogP) is 1.84. The van der Waals surface area contributed by atoms with Gasteiger partial charge >= 0.3 is 11.8 Å². The zero-order valence-corrected chi connectivity index (χ0v) is 12.1. The number of nitrogens with zero attached hydrogens (tertiary/aromatic N) is 1. The smallest absolute Gasteiger partial charge is 0.329 e. The molecule has 0 spiro atoms. The van der Waals surface area contributed by atoms with Gasteiger partial charge < -0.3 is 5.32 Å². The Hall–Kier alpha value is -1.95. The summed E-state index contributed by atoms with van der Waals surface area (Å²) in [6, 6.07) is 4.14. The number of carbonyl (C=O) groups is 2. The van der Waals surface area contributed by atoms with E-state index in [0.717, 1.165) is 6.21 Å². The van der Waals surface area contributed by atoms with Crippen LogP contribution < -0.4 is 10.7 Å². The van der Waals surface area contributed by atoms with Crippen LogP contribution in [0.3, 0.4) is 0 Å². The van der Waals surface area contributed by atoms with Gasteiger partial charge in [0.05, 0.1) is 11.2 Å². The molecule has 2 amide bonds. The summed E-state index contributed by atoms with van der Waals surface area (Å²) >= 11 is 5.77. The Bertz CT molecular complexity index is 533. The van der Waals surface area contributed by atoms with Crippen LogP contribution in [0.15, 0.2) is 23.3 Å². The van der Waals surface area contributed by atoms with Crippen LogP contribution in [-0.4, -0.2) is 23.6 Å². The molecule has 0 aromatic heterocycles. The molecule has 0 atom stereocenters. The Labute approximate surface area is 121 Å². The molecule has 108 valence electrons. The van der Waals surface area contributed by atoms with Gasteiger partial charge in [-0.15, -0.1) is 0 Å². The molecule has 0 unspecified atom stereocenters. The van der Waals surface area contributed by atoms with Gasteiger partial charge in [0.2, 0.25) is 0 Å². The molecule has 2 N–H and O–H groups in total. The number of hydrogen-bond acceptors (Lipinski definition) is 3. The fraction of sp³-hybridized carbons (Fsp3) is 0.308. The van der Waals surface area contributed by atoms with E-state index in [1.807, 2.05) is 5.43 Å². The van der Waals surface area contributed by atoms with E-state index in [2.05, 4.69) is 10.4 Å². The van der Waals surface area contributed by atoms with E-state index >= 15 is 0 Å². The Morgan fingerprint density at radius 2 is 1.95 bits per heavy atom. The van der Waals surface area contributed by atoms with Gasteiger partial charge in [-0.1, -0.05) is 17.7 Å². The fourth-order valence-electron chi connectivity index (χ4n) is 1.24. The third kappa shape index (κ3) is 4.97. The summed E-state index contributed by atoms with van der Waals surface area (Å²) in [5.74, 6) is -2.34. The topological polar surface area (TPSA) is 70.6 Å². The summed E-state index contributed by atoms with van der Waals surface area (Å²) in [4.78, 5) is 22.9. The normalized spacial score (nSPS) is 11.4. The van der Waals surface area contributed by atoms with Crippen molar-refractivity contribution < 1.29 is 14.0 Å². The van der Waals surface area contributed by atoms with Gasteiger partial charge in [0.1, 0.15) is 5.82 Å². The highest BCUT2D eigenvalue weighted by Gasteiger charge is 2.19. The van der Waals surface area contributed by atoms with Crippen molar-refractivity contribution >= 4 is 29.6 Å². The zero-order chi connectivity index (χ0) is 15.3. The van der Waals surface area contributed by atoms with Gasteiger partial charge in [0.15, 0.2) is 0 Å². The van der Waals surface area contributed by atoms with Gasteiger partial charge in [-0.25, -0.2) is 9.82 Å². The highest BCUT2D eigenvalue weighted by atomic mass is 35.5. The van der Waals surface area contributed by atoms with Crippen molar-refractivity contribution in [3.63, 3.8) is 0 Å². The van der Waals surface area contributed by atoms with Gasteiger partial charge in [0, 0.05) is 11.1 Å². The van der Waals surface area contributed by atoms with Crippen molar-refractivity contribution in [1.82, 2.24) is 10.7 Å². The molecular weight excluding hydrogens is 285 g/mol. The third-order valence-corrected chi connectivity index (χ3v) is 2.38. The highest BCUT2D eigenvalue weighted by molar-refractivity contribution is 6.35. The van der Waals surface area contributed by atoms with Crippen molar-refractivity contribution in [2.24, 2.45) is 5.10 Å². The molecule has 0 fully saturated rings. The van der Waals surface area contributed by atoms with E-state index in [4.69, 9.17) is 11.6 Å². The Morgan fingerprint density at radius 1 is 1.30 bits per heavy atom. The van der Waals surface area contributed by atoms with Crippen molar-refractivity contribution in [1.29, 1.82) is 0 Å². The van der Waals surface area contributed by atoms with Crippen molar-refractivity contribution in [2.45, 2.75) is 26.3 Å². The van der Waals surface area contributed by atoms with Crippen LogP contribution in [0.1, 0.15) is 26.3 Å². The lowest BCUT2D eigenvalue weighted by atomic mass is 10.1. The number of benzene rings is 1. The number of halogens is 2. The monoisotopic (exact) mass is 299 g/mol. The molecule has 0 bridgehead atoms. The summed E-state index contributed by atoms with van der Waals surface area (Å²) in [6.07, 6.45) is 1.04. The van der Waals surface area contributed by atoms with Crippen LogP contribution in [0.2, 0.25) is 5.02 Å². The molecule has 1 aromatic rings. The van der Waals surface area contributed by atoms with Crippen LogP contribution in [0.25, 0.3) is 0 Å². The second-order valence-corrected chi connectivity index (χ2v) is 5.45. The van der Waals surface area contributed by atoms with Crippen LogP contribution in [0.5, 0.6) is 0 Å². The molecule has 0 heterocycles. The van der Waals surface area contributed by atoms with Gasteiger partial charge in [-0.05, 0) is 32.9 Å². The largest absolute Gasteiger partial charge is 0.343 e. The number of amides is 2. The molecule has 7 heteroatoms. The van der Waals surface area contributed by atoms with E-state index in [0.29, 0.717) is 0 Å². The molecule has 1 aromatic carbocycles. The minimum Gasteiger partial charge on any atom is -0.343 e. The van der Waals surface area contributed by atoms with E-state index < -0.39 is 23.2 Å². The van der Waals surface area contributed by atoms with Crippen molar-refractivity contribution in [2.75, 3.05) is 0 Å². The first-order chi connectivity index (χ1) is 9.20. The third-order valence-electron chi connectivity index (χ3n) is 2.05. The van der Waals surface area contributed by atoms with Crippen molar-refractivity contribution in [3.05, 3.63) is 34.6 Å². The van der Waals surface area contributed by atoms with E-state index in [1.54, 1.807) is 20.8 Å². The molecule has 0 saturated carbocycles. The van der Waals surface area contributed by atoms with E-state index in [-0.39, 0.29) is 10.6 Å². The highest BCUT2D eigenvalue weighted by Crippen LogP contribution is 2.16. The summed E-state index contributed by atoms with van der Waals surface area (Å²) in [7, 11) is 0. The quantitative estimate of drug-likeness (QED) is 0.497. The molecular formula is C13H15ClFN3O2. The molecule has 1 rings (SSSR count). The number of hydrogen-bond donors (Lipinski definition) is 2. The molecule has 0 saturated heterocycles. The van der Waals surface area contributed by atoms with Crippen LogP contribution in [0.4, 0.5) is 4.39 Å². The summed E-state index contributed by atoms with van der Waals surface area (Å²) in [5, 5.41) is 6.12. The fourth-order valence-corrected chi connectivity index (χ4v) is 1.45. The lowest BCUT2D eigenvalue weighted by Crippen LogP contribution is -2.47.